The van der Waals surface area contributed by atoms with Gasteiger partial charge in [0.05, 0.1) is 12.0 Å². The number of rotatable bonds is 7. The van der Waals surface area contributed by atoms with E-state index in [1.165, 1.54) is 0 Å². The highest BCUT2D eigenvalue weighted by atomic mass is 16.6. The molecule has 0 aliphatic carbocycles. The van der Waals surface area contributed by atoms with Crippen molar-refractivity contribution in [2.24, 2.45) is 11.8 Å². The van der Waals surface area contributed by atoms with Gasteiger partial charge in [-0.25, -0.2) is 0 Å². The maximum absolute atomic E-state index is 13.3. The van der Waals surface area contributed by atoms with Crippen LogP contribution in [0.3, 0.4) is 0 Å². The molecule has 0 aliphatic rings. The van der Waals surface area contributed by atoms with Gasteiger partial charge in [0.15, 0.2) is 5.75 Å². The van der Waals surface area contributed by atoms with Crippen LogP contribution in [0, 0.1) is 18.8 Å². The highest BCUT2D eigenvalue weighted by Gasteiger charge is 2.29. The van der Waals surface area contributed by atoms with Crippen molar-refractivity contribution in [3.63, 3.8) is 0 Å². The molecule has 1 heterocycles. The molecule has 0 atom stereocenters. The Bertz CT molecular complexity index is 762. The Hall–Kier alpha value is -2.31. The third-order valence-electron chi connectivity index (χ3n) is 3.92. The SMILES string of the molecule is Cc1[nH]c(=O)c(O)c(C(=O)N(CC(C)C)CC(C)C)c1CC(=O)OC(C)(C)C. The van der Waals surface area contributed by atoms with Crippen LogP contribution in [0.15, 0.2) is 4.79 Å². The highest BCUT2D eigenvalue weighted by molar-refractivity contribution is 5.99. The first-order valence-electron chi connectivity index (χ1n) is 9.68. The molecule has 0 spiro atoms. The molecule has 0 unspecified atom stereocenters. The van der Waals surface area contributed by atoms with Crippen molar-refractivity contribution < 1.29 is 19.4 Å². The summed E-state index contributed by atoms with van der Waals surface area (Å²) < 4.78 is 5.35. The van der Waals surface area contributed by atoms with Crippen molar-refractivity contribution in [2.45, 2.75) is 67.4 Å². The second-order valence-corrected chi connectivity index (χ2v) is 9.04. The van der Waals surface area contributed by atoms with Gasteiger partial charge in [-0.2, -0.15) is 0 Å². The van der Waals surface area contributed by atoms with E-state index in [0.29, 0.717) is 18.8 Å². The Balaban J connectivity index is 3.44. The van der Waals surface area contributed by atoms with Gasteiger partial charge >= 0.3 is 5.97 Å². The second kappa shape index (κ2) is 9.26. The predicted octanol–water partition coefficient (Wildman–Crippen LogP) is 3.03. The molecule has 7 heteroatoms. The summed E-state index contributed by atoms with van der Waals surface area (Å²) in [6.45, 7) is 15.8. The molecule has 7 nitrogen and oxygen atoms in total. The molecule has 1 aromatic heterocycles. The standard InChI is InChI=1S/C21H34N2O5/c1-12(2)10-23(11-13(3)4)20(27)17-15(9-16(24)28-21(6,7)8)14(5)22-19(26)18(17)25/h12-13,25H,9-11H2,1-8H3,(H,22,26). The molecule has 1 rings (SSSR count). The lowest BCUT2D eigenvalue weighted by molar-refractivity contribution is -0.153. The fourth-order valence-corrected chi connectivity index (χ4v) is 3.00. The van der Waals surface area contributed by atoms with Crippen molar-refractivity contribution in [1.29, 1.82) is 0 Å². The van der Waals surface area contributed by atoms with Gasteiger partial charge in [-0.1, -0.05) is 27.7 Å². The third kappa shape index (κ3) is 6.69. The number of aromatic nitrogens is 1. The Morgan fingerprint density at radius 3 is 2.04 bits per heavy atom. The van der Waals surface area contributed by atoms with Crippen LogP contribution in [0.4, 0.5) is 0 Å². The van der Waals surface area contributed by atoms with Crippen LogP contribution in [0.2, 0.25) is 0 Å². The maximum atomic E-state index is 13.3. The fraction of sp³-hybridized carbons (Fsp3) is 0.667. The van der Waals surface area contributed by atoms with Crippen LogP contribution < -0.4 is 5.56 Å². The van der Waals surface area contributed by atoms with Gasteiger partial charge in [0.25, 0.3) is 11.5 Å². The lowest BCUT2D eigenvalue weighted by Gasteiger charge is -2.28. The van der Waals surface area contributed by atoms with Crippen LogP contribution >= 0.6 is 0 Å². The minimum Gasteiger partial charge on any atom is -0.502 e. The summed E-state index contributed by atoms with van der Waals surface area (Å²) in [6.07, 6.45) is -0.217. The van der Waals surface area contributed by atoms with E-state index in [0.717, 1.165) is 0 Å². The summed E-state index contributed by atoms with van der Waals surface area (Å²) in [4.78, 5) is 41.9. The second-order valence-electron chi connectivity index (χ2n) is 9.04. The molecule has 1 amide bonds. The van der Waals surface area contributed by atoms with Gasteiger partial charge in [-0.3, -0.25) is 14.4 Å². The van der Waals surface area contributed by atoms with Crippen LogP contribution in [0.1, 0.15) is 70.1 Å². The van der Waals surface area contributed by atoms with E-state index >= 15 is 0 Å². The van der Waals surface area contributed by atoms with Crippen molar-refractivity contribution in [3.8, 4) is 5.75 Å². The van der Waals surface area contributed by atoms with E-state index in [4.69, 9.17) is 4.74 Å². The number of pyridine rings is 1. The van der Waals surface area contributed by atoms with Gasteiger partial charge in [-0.15, -0.1) is 0 Å². The minimum absolute atomic E-state index is 0.117. The number of ether oxygens (including phenoxy) is 1. The summed E-state index contributed by atoms with van der Waals surface area (Å²) in [6, 6.07) is 0. The van der Waals surface area contributed by atoms with Crippen molar-refractivity contribution in [1.82, 2.24) is 9.88 Å². The molecule has 28 heavy (non-hydrogen) atoms. The normalized spacial score (nSPS) is 11.8. The quantitative estimate of drug-likeness (QED) is 0.693. The molecule has 0 bridgehead atoms. The highest BCUT2D eigenvalue weighted by Crippen LogP contribution is 2.24. The Kier molecular flexibility index (Phi) is 7.84. The predicted molar refractivity (Wildman–Crippen MR) is 109 cm³/mol. The number of hydrogen-bond acceptors (Lipinski definition) is 5. The fourth-order valence-electron chi connectivity index (χ4n) is 3.00. The zero-order valence-corrected chi connectivity index (χ0v) is 18.3. The van der Waals surface area contributed by atoms with E-state index in [-0.39, 0.29) is 29.4 Å². The first kappa shape index (κ1) is 23.7. The van der Waals surface area contributed by atoms with Gasteiger partial charge in [0, 0.05) is 18.8 Å². The summed E-state index contributed by atoms with van der Waals surface area (Å²) in [5.41, 5.74) is -0.892. The van der Waals surface area contributed by atoms with Crippen LogP contribution in [0.5, 0.6) is 5.75 Å². The number of esters is 1. The van der Waals surface area contributed by atoms with Crippen molar-refractivity contribution in [2.75, 3.05) is 13.1 Å². The number of nitrogens with one attached hydrogen (secondary N) is 1. The molecule has 0 aromatic carbocycles. The van der Waals surface area contributed by atoms with E-state index < -0.39 is 28.8 Å². The smallest absolute Gasteiger partial charge is 0.310 e. The molecule has 0 aliphatic heterocycles. The molecule has 2 N–H and O–H groups in total. The number of nitrogens with zero attached hydrogens (tertiary/aromatic N) is 1. The van der Waals surface area contributed by atoms with Gasteiger partial charge in [0.2, 0.25) is 0 Å². The van der Waals surface area contributed by atoms with Crippen LogP contribution in [-0.2, 0) is 16.0 Å². The van der Waals surface area contributed by atoms with E-state index in [2.05, 4.69) is 4.98 Å². The molecule has 1 aromatic rings. The number of aromatic hydroxyl groups is 1. The number of aryl methyl sites for hydroxylation is 1. The zero-order chi connectivity index (χ0) is 21.8. The maximum Gasteiger partial charge on any atom is 0.310 e. The number of aromatic amines is 1. The van der Waals surface area contributed by atoms with E-state index in [9.17, 15) is 19.5 Å². The average molecular weight is 395 g/mol. The third-order valence-corrected chi connectivity index (χ3v) is 3.92. The summed E-state index contributed by atoms with van der Waals surface area (Å²) in [5, 5.41) is 10.4. The number of carbonyl (C=O) groups is 2. The Labute approximate surface area is 167 Å². The molecule has 0 saturated heterocycles. The van der Waals surface area contributed by atoms with Gasteiger partial charge in [0.1, 0.15) is 5.60 Å². The Morgan fingerprint density at radius 1 is 1.11 bits per heavy atom. The van der Waals surface area contributed by atoms with Crippen molar-refractivity contribution in [3.05, 3.63) is 27.2 Å². The molecule has 0 radical (unpaired) electrons. The van der Waals surface area contributed by atoms with Crippen molar-refractivity contribution >= 4 is 11.9 Å². The first-order valence-corrected chi connectivity index (χ1v) is 9.68. The van der Waals surface area contributed by atoms with E-state index in [1.807, 2.05) is 27.7 Å². The largest absolute Gasteiger partial charge is 0.502 e. The van der Waals surface area contributed by atoms with Gasteiger partial charge in [-0.05, 0) is 45.1 Å². The molecular formula is C21H34N2O5. The number of carbonyl (C=O) groups excluding carboxylic acids is 2. The lowest BCUT2D eigenvalue weighted by Crippen LogP contribution is -2.38. The molecule has 0 saturated carbocycles. The lowest BCUT2D eigenvalue weighted by atomic mass is 10.00. The van der Waals surface area contributed by atoms with E-state index in [1.54, 1.807) is 32.6 Å². The first-order chi connectivity index (χ1) is 12.7. The number of amides is 1. The Morgan fingerprint density at radius 2 is 1.61 bits per heavy atom. The topological polar surface area (TPSA) is 99.7 Å². The summed E-state index contributed by atoms with van der Waals surface area (Å²) >= 11 is 0. The zero-order valence-electron chi connectivity index (χ0n) is 18.3. The van der Waals surface area contributed by atoms with Crippen LogP contribution in [-0.4, -0.2) is 45.6 Å². The molecular weight excluding hydrogens is 360 g/mol. The monoisotopic (exact) mass is 394 g/mol. The molecule has 0 fully saturated rings. The minimum atomic E-state index is -0.747. The number of hydrogen-bond donors (Lipinski definition) is 2. The summed E-state index contributed by atoms with van der Waals surface area (Å²) in [5.74, 6) is -1.22. The molecule has 158 valence electrons. The number of H-pyrrole nitrogens is 1. The summed E-state index contributed by atoms with van der Waals surface area (Å²) in [7, 11) is 0. The average Bonchev–Trinajstić information content (AvgIpc) is 2.49. The van der Waals surface area contributed by atoms with Gasteiger partial charge < -0.3 is 19.7 Å². The van der Waals surface area contributed by atoms with Crippen LogP contribution in [0.25, 0.3) is 0 Å².